The molecular formula is C25H25N5O2S. The van der Waals surface area contributed by atoms with E-state index in [2.05, 4.69) is 31.2 Å². The van der Waals surface area contributed by atoms with E-state index in [9.17, 15) is 4.79 Å². The number of nitrogens with one attached hydrogen (secondary N) is 1. The number of hydrogen-bond acceptors (Lipinski definition) is 7. The Balaban J connectivity index is 1.20. The van der Waals surface area contributed by atoms with Crippen molar-refractivity contribution in [2.24, 2.45) is 22.7 Å². The van der Waals surface area contributed by atoms with Crippen LogP contribution < -0.4 is 10.1 Å². The van der Waals surface area contributed by atoms with E-state index in [1.807, 2.05) is 12.3 Å². The second-order valence-electron chi connectivity index (χ2n) is 9.69. The van der Waals surface area contributed by atoms with Crippen LogP contribution in [0.4, 0.5) is 11.5 Å². The third-order valence-corrected chi connectivity index (χ3v) is 8.85. The van der Waals surface area contributed by atoms with Gasteiger partial charge in [-0.3, -0.25) is 9.79 Å². The maximum Gasteiger partial charge on any atom is 0.226 e. The molecule has 0 bridgehead atoms. The fraction of sp³-hybridized carbons (Fsp3) is 0.440. The number of nitrogens with zero attached hydrogens (tertiary/aromatic N) is 4. The number of rotatable bonds is 4. The molecule has 2 aromatic heterocycles. The molecule has 3 aromatic rings. The van der Waals surface area contributed by atoms with Crippen LogP contribution in [0.1, 0.15) is 34.4 Å². The van der Waals surface area contributed by atoms with Crippen molar-refractivity contribution >= 4 is 45.2 Å². The van der Waals surface area contributed by atoms with Crippen LogP contribution in [0.2, 0.25) is 0 Å². The number of thiophene rings is 1. The van der Waals surface area contributed by atoms with Crippen LogP contribution in [-0.2, 0) is 24.2 Å². The number of aromatic nitrogens is 2. The zero-order valence-corrected chi connectivity index (χ0v) is 19.3. The molecule has 4 aliphatic rings. The third-order valence-electron chi connectivity index (χ3n) is 7.69. The minimum atomic E-state index is 0.100. The van der Waals surface area contributed by atoms with E-state index in [0.29, 0.717) is 12.5 Å². The summed E-state index contributed by atoms with van der Waals surface area (Å²) in [5.74, 6) is 3.61. The van der Waals surface area contributed by atoms with Gasteiger partial charge >= 0.3 is 0 Å². The van der Waals surface area contributed by atoms with Crippen LogP contribution in [0.5, 0.6) is 5.75 Å². The van der Waals surface area contributed by atoms with Crippen LogP contribution in [0.25, 0.3) is 10.2 Å². The van der Waals surface area contributed by atoms with Gasteiger partial charge in [0.05, 0.1) is 24.7 Å². The van der Waals surface area contributed by atoms with Crippen LogP contribution in [0, 0.1) is 17.8 Å². The van der Waals surface area contributed by atoms with E-state index in [0.717, 1.165) is 77.2 Å². The van der Waals surface area contributed by atoms with E-state index < -0.39 is 0 Å². The number of methoxy groups -OCH3 is 1. The van der Waals surface area contributed by atoms with E-state index in [1.54, 1.807) is 24.8 Å². The Morgan fingerprint density at radius 1 is 1.24 bits per heavy atom. The number of carbonyl (C=O) groups excluding carboxylic acids is 1. The molecule has 2 fully saturated rings. The summed E-state index contributed by atoms with van der Waals surface area (Å²) in [6.07, 6.45) is 7.46. The predicted octanol–water partition coefficient (Wildman–Crippen LogP) is 3.96. The fourth-order valence-corrected chi connectivity index (χ4v) is 7.05. The van der Waals surface area contributed by atoms with Crippen molar-refractivity contribution in [2.75, 3.05) is 25.5 Å². The summed E-state index contributed by atoms with van der Waals surface area (Å²) in [7, 11) is 1.69. The van der Waals surface area contributed by atoms with Crippen LogP contribution in [0.3, 0.4) is 0 Å². The molecule has 0 spiro atoms. The number of carbonyl (C=O) groups is 1. The molecule has 7 nitrogen and oxygen atoms in total. The molecule has 2 unspecified atom stereocenters. The summed E-state index contributed by atoms with van der Waals surface area (Å²) in [6.45, 7) is 2.65. The van der Waals surface area contributed by atoms with Crippen molar-refractivity contribution in [3.05, 3.63) is 40.0 Å². The average Bonchev–Trinajstić information content (AvgIpc) is 3.19. The van der Waals surface area contributed by atoms with E-state index in [4.69, 9.17) is 4.74 Å². The SMILES string of the molecule is COc1cc2c(cc1Nc1ncnc3sc4c(c13)CC[C@H](C(=O)N1CC3CC3C1)C4)C=NC2. The summed E-state index contributed by atoms with van der Waals surface area (Å²) >= 11 is 1.71. The second kappa shape index (κ2) is 7.25. The Morgan fingerprint density at radius 2 is 2.12 bits per heavy atom. The van der Waals surface area contributed by atoms with Gasteiger partial charge in [0, 0.05) is 30.1 Å². The summed E-state index contributed by atoms with van der Waals surface area (Å²) in [5.41, 5.74) is 4.45. The molecule has 2 aliphatic heterocycles. The van der Waals surface area contributed by atoms with E-state index >= 15 is 0 Å². The lowest BCUT2D eigenvalue weighted by atomic mass is 9.87. The van der Waals surface area contributed by atoms with Gasteiger partial charge in [0.15, 0.2) is 0 Å². The highest BCUT2D eigenvalue weighted by molar-refractivity contribution is 7.19. The Kier molecular flexibility index (Phi) is 4.28. The molecule has 8 heteroatoms. The van der Waals surface area contributed by atoms with Gasteiger partial charge in [0.25, 0.3) is 0 Å². The van der Waals surface area contributed by atoms with Crippen molar-refractivity contribution < 1.29 is 9.53 Å². The number of hydrogen-bond donors (Lipinski definition) is 1. The first-order valence-electron chi connectivity index (χ1n) is 11.7. The van der Waals surface area contributed by atoms with Gasteiger partial charge < -0.3 is 15.0 Å². The molecule has 4 heterocycles. The van der Waals surface area contributed by atoms with Crippen molar-refractivity contribution in [1.82, 2.24) is 14.9 Å². The van der Waals surface area contributed by atoms with Gasteiger partial charge in [-0.05, 0) is 66.3 Å². The van der Waals surface area contributed by atoms with Crippen molar-refractivity contribution in [3.8, 4) is 5.75 Å². The standard InChI is InChI=1S/C25H25N5O2S/c1-32-20-6-15-9-26-8-14(15)5-19(20)29-23-22-18-3-2-13(7-21(18)33-24(22)28-12-27-23)25(31)30-10-16-4-17(16)11-30/h5-6,8,12-13,16-17H,2-4,7,9-11H2,1H3,(H,27,28,29)/t13-,16?,17?/m0/s1. The number of anilines is 2. The maximum atomic E-state index is 13.1. The third kappa shape index (κ3) is 3.14. The van der Waals surface area contributed by atoms with Gasteiger partial charge in [0.1, 0.15) is 22.7 Å². The predicted molar refractivity (Wildman–Crippen MR) is 129 cm³/mol. The number of aryl methyl sites for hydroxylation is 1. The van der Waals surface area contributed by atoms with Gasteiger partial charge in [-0.2, -0.15) is 0 Å². The molecule has 7 rings (SSSR count). The number of aliphatic imine (C=N–C) groups is 1. The van der Waals surface area contributed by atoms with E-state index in [1.165, 1.54) is 22.4 Å². The molecule has 33 heavy (non-hydrogen) atoms. The first-order chi connectivity index (χ1) is 16.2. The number of amides is 1. The molecule has 3 atom stereocenters. The Morgan fingerprint density at radius 3 is 2.97 bits per heavy atom. The zero-order chi connectivity index (χ0) is 22.1. The summed E-state index contributed by atoms with van der Waals surface area (Å²) < 4.78 is 5.65. The summed E-state index contributed by atoms with van der Waals surface area (Å²) in [5, 5.41) is 4.60. The molecule has 168 valence electrons. The molecule has 1 N–H and O–H groups in total. The molecule has 2 aliphatic carbocycles. The van der Waals surface area contributed by atoms with Crippen LogP contribution in [-0.4, -0.2) is 47.2 Å². The molecule has 1 amide bonds. The lowest BCUT2D eigenvalue weighted by Gasteiger charge is -2.27. The lowest BCUT2D eigenvalue weighted by Crippen LogP contribution is -2.37. The molecule has 0 radical (unpaired) electrons. The van der Waals surface area contributed by atoms with Gasteiger partial charge in [-0.1, -0.05) is 0 Å². The van der Waals surface area contributed by atoms with Crippen LogP contribution in [0.15, 0.2) is 23.5 Å². The van der Waals surface area contributed by atoms with Crippen molar-refractivity contribution in [2.45, 2.75) is 32.2 Å². The smallest absolute Gasteiger partial charge is 0.226 e. The topological polar surface area (TPSA) is 79.7 Å². The zero-order valence-electron chi connectivity index (χ0n) is 18.5. The average molecular weight is 460 g/mol. The minimum Gasteiger partial charge on any atom is -0.495 e. The summed E-state index contributed by atoms with van der Waals surface area (Å²) in [6, 6.07) is 4.12. The number of fused-ring (bicyclic) bond motifs is 5. The van der Waals surface area contributed by atoms with Crippen molar-refractivity contribution in [1.29, 1.82) is 0 Å². The highest BCUT2D eigenvalue weighted by Crippen LogP contribution is 2.46. The molecule has 1 aromatic carbocycles. The summed E-state index contributed by atoms with van der Waals surface area (Å²) in [4.78, 5) is 31.1. The maximum absolute atomic E-state index is 13.1. The quantitative estimate of drug-likeness (QED) is 0.639. The first kappa shape index (κ1) is 19.5. The number of benzene rings is 1. The highest BCUT2D eigenvalue weighted by Gasteiger charge is 2.47. The fourth-order valence-electron chi connectivity index (χ4n) is 5.78. The Labute approximate surface area is 195 Å². The molecule has 1 saturated heterocycles. The number of piperidine rings is 1. The molecule has 1 saturated carbocycles. The largest absolute Gasteiger partial charge is 0.495 e. The number of likely N-dealkylation sites (tertiary alicyclic amines) is 1. The second-order valence-corrected chi connectivity index (χ2v) is 10.8. The monoisotopic (exact) mass is 459 g/mol. The van der Waals surface area contributed by atoms with Gasteiger partial charge in [0.2, 0.25) is 5.91 Å². The highest BCUT2D eigenvalue weighted by atomic mass is 32.1. The first-order valence-corrected chi connectivity index (χ1v) is 12.5. The lowest BCUT2D eigenvalue weighted by molar-refractivity contribution is -0.135. The van der Waals surface area contributed by atoms with Crippen LogP contribution >= 0.6 is 11.3 Å². The minimum absolute atomic E-state index is 0.100. The Hall–Kier alpha value is -3.00. The van der Waals surface area contributed by atoms with Gasteiger partial charge in [-0.15, -0.1) is 11.3 Å². The molecular weight excluding hydrogens is 434 g/mol. The number of ether oxygens (including phenoxy) is 1. The normalized spacial score (nSPS) is 24.5. The van der Waals surface area contributed by atoms with Gasteiger partial charge in [-0.25, -0.2) is 9.97 Å². The van der Waals surface area contributed by atoms with Crippen molar-refractivity contribution in [3.63, 3.8) is 0 Å². The van der Waals surface area contributed by atoms with E-state index in [-0.39, 0.29) is 5.92 Å². The Bertz CT molecular complexity index is 1320.